The van der Waals surface area contributed by atoms with Crippen LogP contribution >= 0.6 is 0 Å². The molecule has 0 saturated carbocycles. The van der Waals surface area contributed by atoms with E-state index in [2.05, 4.69) is 15.9 Å². The highest BCUT2D eigenvalue weighted by Gasteiger charge is 2.49. The fourth-order valence-electron chi connectivity index (χ4n) is 3.75. The molecule has 3 rings (SSSR count). The summed E-state index contributed by atoms with van der Waals surface area (Å²) in [5, 5.41) is 8.92. The summed E-state index contributed by atoms with van der Waals surface area (Å²) in [7, 11) is 2.03. The van der Waals surface area contributed by atoms with Gasteiger partial charge in [0.05, 0.1) is 12.6 Å². The molecule has 1 spiro atoms. The number of aryl methyl sites for hydroxylation is 1. The standard InChI is InChI=1S/C17H24N4O2/c1-14-3-4-15(23-14)13-20-8-5-17(6-9-20)16(22)21(10-7-18)12-11-19(17)2/h3-4H,5-6,8-13H2,1-2H3. The topological polar surface area (TPSA) is 63.7 Å². The van der Waals surface area contributed by atoms with Crippen molar-refractivity contribution in [3.8, 4) is 6.07 Å². The highest BCUT2D eigenvalue weighted by atomic mass is 16.3. The number of likely N-dealkylation sites (N-methyl/N-ethyl adjacent to an activating group) is 1. The van der Waals surface area contributed by atoms with Crippen LogP contribution in [0.2, 0.25) is 0 Å². The van der Waals surface area contributed by atoms with Crippen LogP contribution in [0, 0.1) is 18.3 Å². The van der Waals surface area contributed by atoms with E-state index in [4.69, 9.17) is 9.68 Å². The molecule has 6 nitrogen and oxygen atoms in total. The van der Waals surface area contributed by atoms with Gasteiger partial charge in [-0.1, -0.05) is 0 Å². The Hall–Kier alpha value is -1.84. The molecule has 0 unspecified atom stereocenters. The molecule has 3 heterocycles. The third kappa shape index (κ3) is 2.99. The SMILES string of the molecule is Cc1ccc(CN2CCC3(CC2)C(=O)N(CC#N)CCN3C)o1. The van der Waals surface area contributed by atoms with E-state index in [0.717, 1.165) is 50.5 Å². The summed E-state index contributed by atoms with van der Waals surface area (Å²) < 4.78 is 5.65. The molecule has 0 bridgehead atoms. The van der Waals surface area contributed by atoms with Gasteiger partial charge in [-0.3, -0.25) is 14.6 Å². The Morgan fingerprint density at radius 3 is 2.61 bits per heavy atom. The van der Waals surface area contributed by atoms with Crippen molar-refractivity contribution < 1.29 is 9.21 Å². The average molecular weight is 316 g/mol. The van der Waals surface area contributed by atoms with Gasteiger partial charge in [0.15, 0.2) is 0 Å². The van der Waals surface area contributed by atoms with E-state index in [1.807, 2.05) is 26.1 Å². The summed E-state index contributed by atoms with van der Waals surface area (Å²) in [5.74, 6) is 2.04. The quantitative estimate of drug-likeness (QED) is 0.785. The first-order valence-corrected chi connectivity index (χ1v) is 8.20. The van der Waals surface area contributed by atoms with Crippen LogP contribution in [0.3, 0.4) is 0 Å². The monoisotopic (exact) mass is 316 g/mol. The van der Waals surface area contributed by atoms with E-state index in [-0.39, 0.29) is 12.5 Å². The smallest absolute Gasteiger partial charge is 0.244 e. The molecule has 2 aliphatic heterocycles. The Kier molecular flexibility index (Phi) is 4.42. The van der Waals surface area contributed by atoms with Crippen LogP contribution in [-0.4, -0.2) is 65.9 Å². The number of carbonyl (C=O) groups is 1. The van der Waals surface area contributed by atoms with Gasteiger partial charge < -0.3 is 9.32 Å². The number of furan rings is 1. The van der Waals surface area contributed by atoms with Crippen molar-refractivity contribution in [2.45, 2.75) is 31.8 Å². The lowest BCUT2D eigenvalue weighted by molar-refractivity contribution is -0.153. The number of hydrogen-bond donors (Lipinski definition) is 0. The lowest BCUT2D eigenvalue weighted by atomic mass is 9.82. The fourth-order valence-corrected chi connectivity index (χ4v) is 3.75. The largest absolute Gasteiger partial charge is 0.465 e. The van der Waals surface area contributed by atoms with Gasteiger partial charge in [0.25, 0.3) is 0 Å². The van der Waals surface area contributed by atoms with Gasteiger partial charge in [-0.2, -0.15) is 5.26 Å². The zero-order valence-electron chi connectivity index (χ0n) is 13.9. The molecule has 0 aliphatic carbocycles. The van der Waals surface area contributed by atoms with Crippen LogP contribution in [0.15, 0.2) is 16.5 Å². The predicted octanol–water partition coefficient (Wildman–Crippen LogP) is 1.22. The van der Waals surface area contributed by atoms with E-state index >= 15 is 0 Å². The molecule has 124 valence electrons. The number of piperazine rings is 1. The third-order valence-electron chi connectivity index (χ3n) is 5.24. The van der Waals surface area contributed by atoms with E-state index in [1.165, 1.54) is 0 Å². The Labute approximate surface area is 137 Å². The van der Waals surface area contributed by atoms with Crippen molar-refractivity contribution in [2.24, 2.45) is 0 Å². The summed E-state index contributed by atoms with van der Waals surface area (Å²) in [6.45, 7) is 6.18. The lowest BCUT2D eigenvalue weighted by Crippen LogP contribution is -2.67. The van der Waals surface area contributed by atoms with Crippen LogP contribution in [0.4, 0.5) is 0 Å². The van der Waals surface area contributed by atoms with Crippen molar-refractivity contribution in [3.05, 3.63) is 23.7 Å². The molecule has 0 aromatic carbocycles. The van der Waals surface area contributed by atoms with Crippen molar-refractivity contribution in [3.63, 3.8) is 0 Å². The number of hydrogen-bond acceptors (Lipinski definition) is 5. The summed E-state index contributed by atoms with van der Waals surface area (Å²) in [5.41, 5.74) is -0.426. The second kappa shape index (κ2) is 6.34. The van der Waals surface area contributed by atoms with Gasteiger partial charge in [-0.15, -0.1) is 0 Å². The highest BCUT2D eigenvalue weighted by molar-refractivity contribution is 5.87. The number of nitrogens with zero attached hydrogens (tertiary/aromatic N) is 4. The Bertz CT molecular complexity index is 610. The summed E-state index contributed by atoms with van der Waals surface area (Å²) >= 11 is 0. The zero-order valence-corrected chi connectivity index (χ0v) is 13.9. The van der Waals surface area contributed by atoms with E-state index in [1.54, 1.807) is 4.90 Å². The van der Waals surface area contributed by atoms with Gasteiger partial charge in [0, 0.05) is 26.2 Å². The molecule has 23 heavy (non-hydrogen) atoms. The van der Waals surface area contributed by atoms with Crippen molar-refractivity contribution in [1.82, 2.24) is 14.7 Å². The summed E-state index contributed by atoms with van der Waals surface area (Å²) in [4.78, 5) is 19.1. The van der Waals surface area contributed by atoms with Crippen LogP contribution in [0.25, 0.3) is 0 Å². The molecule has 0 N–H and O–H groups in total. The Balaban J connectivity index is 1.66. The van der Waals surface area contributed by atoms with Crippen molar-refractivity contribution in [2.75, 3.05) is 39.8 Å². The molecule has 2 saturated heterocycles. The molecule has 2 aliphatic rings. The molecule has 2 fully saturated rings. The van der Waals surface area contributed by atoms with Crippen LogP contribution in [0.1, 0.15) is 24.4 Å². The first-order chi connectivity index (χ1) is 11.0. The predicted molar refractivity (Wildman–Crippen MR) is 85.5 cm³/mol. The number of piperidine rings is 1. The first-order valence-electron chi connectivity index (χ1n) is 8.20. The zero-order chi connectivity index (χ0) is 16.4. The van der Waals surface area contributed by atoms with Gasteiger partial charge in [-0.05, 0) is 38.9 Å². The summed E-state index contributed by atoms with van der Waals surface area (Å²) in [6, 6.07) is 6.12. The summed E-state index contributed by atoms with van der Waals surface area (Å²) in [6.07, 6.45) is 1.62. The van der Waals surface area contributed by atoms with E-state index in [0.29, 0.717) is 6.54 Å². The first kappa shape index (κ1) is 16.0. The van der Waals surface area contributed by atoms with E-state index < -0.39 is 5.54 Å². The van der Waals surface area contributed by atoms with Crippen molar-refractivity contribution in [1.29, 1.82) is 5.26 Å². The minimum atomic E-state index is -0.426. The normalized spacial score (nSPS) is 22.5. The number of likely N-dealkylation sites (tertiary alicyclic amines) is 1. The van der Waals surface area contributed by atoms with Crippen LogP contribution in [0.5, 0.6) is 0 Å². The maximum absolute atomic E-state index is 12.9. The van der Waals surface area contributed by atoms with Crippen molar-refractivity contribution >= 4 is 5.91 Å². The van der Waals surface area contributed by atoms with Gasteiger partial charge >= 0.3 is 0 Å². The number of nitriles is 1. The second-order valence-corrected chi connectivity index (χ2v) is 6.63. The van der Waals surface area contributed by atoms with Gasteiger partial charge in [0.2, 0.25) is 5.91 Å². The molecule has 6 heteroatoms. The molecule has 1 aromatic heterocycles. The van der Waals surface area contributed by atoms with Crippen LogP contribution < -0.4 is 0 Å². The van der Waals surface area contributed by atoms with E-state index in [9.17, 15) is 4.79 Å². The second-order valence-electron chi connectivity index (χ2n) is 6.63. The average Bonchev–Trinajstić information content (AvgIpc) is 2.95. The molecule has 1 amide bonds. The minimum Gasteiger partial charge on any atom is -0.465 e. The molecule has 1 aromatic rings. The third-order valence-corrected chi connectivity index (χ3v) is 5.24. The highest BCUT2D eigenvalue weighted by Crippen LogP contribution is 2.33. The Morgan fingerprint density at radius 1 is 1.26 bits per heavy atom. The molecule has 0 atom stereocenters. The number of amides is 1. The maximum Gasteiger partial charge on any atom is 0.244 e. The van der Waals surface area contributed by atoms with Gasteiger partial charge in [0.1, 0.15) is 23.6 Å². The lowest BCUT2D eigenvalue weighted by Gasteiger charge is -2.51. The Morgan fingerprint density at radius 2 is 2.00 bits per heavy atom. The molecular weight excluding hydrogens is 292 g/mol. The fraction of sp³-hybridized carbons (Fsp3) is 0.647. The van der Waals surface area contributed by atoms with Gasteiger partial charge in [-0.25, -0.2) is 0 Å². The minimum absolute atomic E-state index is 0.126. The van der Waals surface area contributed by atoms with Crippen LogP contribution in [-0.2, 0) is 11.3 Å². The molecular formula is C17H24N4O2. The number of carbonyl (C=O) groups excluding carboxylic acids is 1. The molecule has 0 radical (unpaired) electrons. The number of rotatable bonds is 3. The maximum atomic E-state index is 12.9.